The summed E-state index contributed by atoms with van der Waals surface area (Å²) in [4.78, 5) is 2.34. The van der Waals surface area contributed by atoms with Crippen molar-refractivity contribution >= 4 is 93.3 Å². The first-order chi connectivity index (χ1) is 22.3. The Hall–Kier alpha value is -6.06. The predicted molar refractivity (Wildman–Crippen MR) is 188 cm³/mol. The summed E-state index contributed by atoms with van der Waals surface area (Å²) in [5, 5.41) is 11.9. The summed E-state index contributed by atoms with van der Waals surface area (Å²) in [5.74, 6) is 0. The van der Waals surface area contributed by atoms with Crippen LogP contribution in [0.4, 0.5) is 17.1 Å². The maximum atomic E-state index is 6.20. The quantitative estimate of drug-likeness (QED) is 0.196. The lowest BCUT2D eigenvalue weighted by Crippen LogP contribution is -2.09. The maximum Gasteiger partial charge on any atom is 0.135 e. The van der Waals surface area contributed by atoms with Crippen molar-refractivity contribution in [3.05, 3.63) is 152 Å². The summed E-state index contributed by atoms with van der Waals surface area (Å²) in [6, 6.07) is 53.9. The van der Waals surface area contributed by atoms with Crippen molar-refractivity contribution in [2.24, 2.45) is 0 Å². The van der Waals surface area contributed by atoms with Gasteiger partial charge in [-0.15, -0.1) is 0 Å². The molecule has 0 radical (unpaired) electrons. The summed E-state index contributed by atoms with van der Waals surface area (Å²) >= 11 is 0. The van der Waals surface area contributed by atoms with Gasteiger partial charge in [0.05, 0.1) is 0 Å². The van der Waals surface area contributed by atoms with Crippen molar-refractivity contribution in [2.75, 3.05) is 4.90 Å². The minimum Gasteiger partial charge on any atom is -0.456 e. The van der Waals surface area contributed by atoms with Gasteiger partial charge in [-0.3, -0.25) is 0 Å². The molecule has 0 saturated carbocycles. The fraction of sp³-hybridized carbons (Fsp3) is 0. The first-order valence-corrected chi connectivity index (χ1v) is 15.3. The van der Waals surface area contributed by atoms with E-state index in [4.69, 9.17) is 8.83 Å². The van der Waals surface area contributed by atoms with E-state index in [-0.39, 0.29) is 0 Å². The minimum atomic E-state index is 0.882. The van der Waals surface area contributed by atoms with Crippen LogP contribution < -0.4 is 4.90 Å². The molecule has 2 aromatic heterocycles. The molecule has 0 amide bonds. The highest BCUT2D eigenvalue weighted by Gasteiger charge is 2.18. The monoisotopic (exact) mass is 575 g/mol. The molecule has 0 unspecified atom stereocenters. The molecule has 45 heavy (non-hydrogen) atoms. The summed E-state index contributed by atoms with van der Waals surface area (Å²) < 4.78 is 12.4. The number of hydrogen-bond donors (Lipinski definition) is 0. The molecule has 0 N–H and O–H groups in total. The fourth-order valence-corrected chi connectivity index (χ4v) is 7.12. The van der Waals surface area contributed by atoms with Crippen LogP contribution in [-0.4, -0.2) is 0 Å². The zero-order chi connectivity index (χ0) is 29.5. The van der Waals surface area contributed by atoms with Crippen molar-refractivity contribution in [2.45, 2.75) is 0 Å². The van der Waals surface area contributed by atoms with Crippen LogP contribution in [0.3, 0.4) is 0 Å². The van der Waals surface area contributed by atoms with Crippen LogP contribution in [0, 0.1) is 0 Å². The Bertz CT molecular complexity index is 2670. The standard InChI is InChI=1S/C42H25NO2/c1-2-8-32-26(7-1)13-14-27-15-16-28-23-29(17-20-33(28)42(27)32)43(30-18-21-40-36(24-30)34-9-3-5-11-38(34)44-40)31-19-22-41-37(25-31)35-10-4-6-12-39(35)45-41/h1-25H. The Labute approximate surface area is 258 Å². The van der Waals surface area contributed by atoms with E-state index >= 15 is 0 Å². The number of benzene rings is 8. The third-order valence-corrected chi connectivity index (χ3v) is 9.20. The lowest BCUT2D eigenvalue weighted by Gasteiger charge is -2.26. The highest BCUT2D eigenvalue weighted by Crippen LogP contribution is 2.42. The van der Waals surface area contributed by atoms with Gasteiger partial charge in [0, 0.05) is 38.6 Å². The molecule has 0 aliphatic carbocycles. The van der Waals surface area contributed by atoms with Gasteiger partial charge in [0.15, 0.2) is 0 Å². The van der Waals surface area contributed by atoms with E-state index in [9.17, 15) is 0 Å². The molecule has 0 spiro atoms. The Morgan fingerprint density at radius 1 is 0.311 bits per heavy atom. The van der Waals surface area contributed by atoms with Crippen LogP contribution in [-0.2, 0) is 0 Å². The molecule has 3 heteroatoms. The molecule has 210 valence electrons. The average Bonchev–Trinajstić information content (AvgIpc) is 3.66. The molecule has 0 bridgehead atoms. The van der Waals surface area contributed by atoms with Crippen LogP contribution >= 0.6 is 0 Å². The molecule has 0 saturated heterocycles. The van der Waals surface area contributed by atoms with E-state index in [1.165, 1.54) is 32.3 Å². The van der Waals surface area contributed by atoms with Crippen molar-refractivity contribution in [1.82, 2.24) is 0 Å². The van der Waals surface area contributed by atoms with Crippen LogP contribution in [0.25, 0.3) is 76.2 Å². The van der Waals surface area contributed by atoms with E-state index in [0.29, 0.717) is 0 Å². The number of anilines is 3. The van der Waals surface area contributed by atoms with Crippen LogP contribution in [0.5, 0.6) is 0 Å². The third kappa shape index (κ3) is 3.65. The van der Waals surface area contributed by atoms with Crippen LogP contribution in [0.2, 0.25) is 0 Å². The van der Waals surface area contributed by atoms with Crippen molar-refractivity contribution in [3.63, 3.8) is 0 Å². The van der Waals surface area contributed by atoms with Gasteiger partial charge in [0.2, 0.25) is 0 Å². The van der Waals surface area contributed by atoms with E-state index in [0.717, 1.165) is 60.9 Å². The van der Waals surface area contributed by atoms with Gasteiger partial charge in [-0.25, -0.2) is 0 Å². The lowest BCUT2D eigenvalue weighted by molar-refractivity contribution is 0.668. The van der Waals surface area contributed by atoms with Gasteiger partial charge in [0.1, 0.15) is 22.3 Å². The number of nitrogens with zero attached hydrogens (tertiary/aromatic N) is 1. The summed E-state index contributed by atoms with van der Waals surface area (Å²) in [6.07, 6.45) is 0. The Kier molecular flexibility index (Phi) is 5.00. The molecular formula is C42H25NO2. The number of furan rings is 2. The van der Waals surface area contributed by atoms with Gasteiger partial charge in [-0.1, -0.05) is 91.0 Å². The molecule has 2 heterocycles. The number of para-hydroxylation sites is 2. The summed E-state index contributed by atoms with van der Waals surface area (Å²) in [5.41, 5.74) is 6.76. The smallest absolute Gasteiger partial charge is 0.135 e. The summed E-state index contributed by atoms with van der Waals surface area (Å²) in [6.45, 7) is 0. The SMILES string of the molecule is c1ccc2c(c1)ccc1ccc3cc(N(c4ccc5oc6ccccc6c5c4)c4ccc5oc6ccccc6c5c4)ccc3c12. The normalized spacial score (nSPS) is 12.0. The molecule has 3 nitrogen and oxygen atoms in total. The van der Waals surface area contributed by atoms with Crippen molar-refractivity contribution in [3.8, 4) is 0 Å². The largest absolute Gasteiger partial charge is 0.456 e. The fourth-order valence-electron chi connectivity index (χ4n) is 7.12. The van der Waals surface area contributed by atoms with Gasteiger partial charge in [0.25, 0.3) is 0 Å². The molecule has 0 aliphatic rings. The second kappa shape index (κ2) is 9.22. The number of hydrogen-bond acceptors (Lipinski definition) is 3. The Morgan fingerprint density at radius 3 is 1.44 bits per heavy atom. The second-order valence-electron chi connectivity index (χ2n) is 11.7. The number of fused-ring (bicyclic) bond motifs is 11. The topological polar surface area (TPSA) is 29.5 Å². The third-order valence-electron chi connectivity index (χ3n) is 9.20. The first kappa shape index (κ1) is 24.4. The predicted octanol–water partition coefficient (Wildman–Crippen LogP) is 12.4. The molecular weight excluding hydrogens is 550 g/mol. The Morgan fingerprint density at radius 2 is 0.778 bits per heavy atom. The summed E-state index contributed by atoms with van der Waals surface area (Å²) in [7, 11) is 0. The van der Waals surface area contributed by atoms with Gasteiger partial charge in [-0.2, -0.15) is 0 Å². The van der Waals surface area contributed by atoms with Crippen molar-refractivity contribution < 1.29 is 8.83 Å². The zero-order valence-electron chi connectivity index (χ0n) is 24.2. The molecule has 0 fully saturated rings. The average molecular weight is 576 g/mol. The van der Waals surface area contributed by atoms with Crippen LogP contribution in [0.15, 0.2) is 160 Å². The molecule has 0 aliphatic heterocycles. The first-order valence-electron chi connectivity index (χ1n) is 15.3. The van der Waals surface area contributed by atoms with E-state index in [2.05, 4.69) is 132 Å². The zero-order valence-corrected chi connectivity index (χ0v) is 24.2. The van der Waals surface area contributed by atoms with Gasteiger partial charge >= 0.3 is 0 Å². The molecule has 0 atom stereocenters. The van der Waals surface area contributed by atoms with Crippen LogP contribution in [0.1, 0.15) is 0 Å². The van der Waals surface area contributed by atoms with Crippen molar-refractivity contribution in [1.29, 1.82) is 0 Å². The highest BCUT2D eigenvalue weighted by atomic mass is 16.3. The van der Waals surface area contributed by atoms with E-state index in [1.807, 2.05) is 24.3 Å². The van der Waals surface area contributed by atoms with E-state index in [1.54, 1.807) is 0 Å². The minimum absolute atomic E-state index is 0.882. The molecule has 10 rings (SSSR count). The molecule has 10 aromatic rings. The van der Waals surface area contributed by atoms with E-state index < -0.39 is 0 Å². The number of rotatable bonds is 3. The van der Waals surface area contributed by atoms with Gasteiger partial charge < -0.3 is 13.7 Å². The highest BCUT2D eigenvalue weighted by molar-refractivity contribution is 6.20. The van der Waals surface area contributed by atoms with Gasteiger partial charge in [-0.05, 0) is 93.0 Å². The Balaban J connectivity index is 1.24. The second-order valence-corrected chi connectivity index (χ2v) is 11.7. The lowest BCUT2D eigenvalue weighted by atomic mass is 9.96. The maximum absolute atomic E-state index is 6.20. The molecule has 8 aromatic carbocycles.